The van der Waals surface area contributed by atoms with Gasteiger partial charge in [0.15, 0.2) is 0 Å². The first kappa shape index (κ1) is 24.6. The average Bonchev–Trinajstić information content (AvgIpc) is 2.79. The van der Waals surface area contributed by atoms with Crippen LogP contribution in [0.3, 0.4) is 0 Å². The van der Waals surface area contributed by atoms with Crippen molar-refractivity contribution in [2.45, 2.75) is 29.1 Å². The van der Waals surface area contributed by atoms with E-state index >= 15 is 0 Å². The minimum Gasteiger partial charge on any atom is -0.378 e. The Kier molecular flexibility index (Phi) is 7.45. The predicted octanol–water partition coefficient (Wildman–Crippen LogP) is 0.0441. The fraction of sp³-hybridized carbons (Fsp3) is 0.684. The van der Waals surface area contributed by atoms with Gasteiger partial charge in [-0.3, -0.25) is 9.11 Å². The number of nitrogens with one attached hydrogen (secondary N) is 1. The summed E-state index contributed by atoms with van der Waals surface area (Å²) in [5, 5.41) is 8.88. The predicted molar refractivity (Wildman–Crippen MR) is 121 cm³/mol. The van der Waals surface area contributed by atoms with Crippen molar-refractivity contribution in [1.29, 1.82) is 0 Å². The van der Waals surface area contributed by atoms with E-state index in [0.29, 0.717) is 65.6 Å². The Hall–Kier alpha value is -1.52. The molecule has 0 atom stereocenters. The van der Waals surface area contributed by atoms with Gasteiger partial charge in [-0.15, -0.1) is 0 Å². The van der Waals surface area contributed by atoms with Gasteiger partial charge in [0.25, 0.3) is 20.2 Å². The zero-order chi connectivity index (χ0) is 23.6. The van der Waals surface area contributed by atoms with Gasteiger partial charge in [0.1, 0.15) is 4.90 Å². The fourth-order valence-corrected chi connectivity index (χ4v) is 5.95. The van der Waals surface area contributed by atoms with Gasteiger partial charge in [0, 0.05) is 52.4 Å². The summed E-state index contributed by atoms with van der Waals surface area (Å²) < 4.78 is 75.5. The van der Waals surface area contributed by atoms with Gasteiger partial charge in [-0.1, -0.05) is 6.42 Å². The van der Waals surface area contributed by atoms with E-state index in [1.165, 1.54) is 0 Å². The Morgan fingerprint density at radius 2 is 1.42 bits per heavy atom. The van der Waals surface area contributed by atoms with Crippen LogP contribution in [0.5, 0.6) is 0 Å². The highest BCUT2D eigenvalue weighted by Crippen LogP contribution is 2.39. The maximum absolute atomic E-state index is 12.8. The lowest BCUT2D eigenvalue weighted by atomic mass is 10.1. The molecule has 1 aromatic rings. The lowest BCUT2D eigenvalue weighted by Gasteiger charge is -2.47. The van der Waals surface area contributed by atoms with Gasteiger partial charge < -0.3 is 15.0 Å². The van der Waals surface area contributed by atoms with Crippen molar-refractivity contribution in [3.05, 3.63) is 12.1 Å². The number of hydrogen-bond acceptors (Lipinski definition) is 10. The zero-order valence-electron chi connectivity index (χ0n) is 18.4. The molecule has 0 spiro atoms. The third-order valence-electron chi connectivity index (χ3n) is 6.11. The number of hydrazine groups is 2. The summed E-state index contributed by atoms with van der Waals surface area (Å²) in [5.74, 6) is 0. The largest absolute Gasteiger partial charge is 0.378 e. The molecule has 0 aliphatic carbocycles. The number of morpholine rings is 1. The molecule has 0 unspecified atom stereocenters. The van der Waals surface area contributed by atoms with Crippen molar-refractivity contribution in [3.63, 3.8) is 0 Å². The zero-order valence-corrected chi connectivity index (χ0v) is 20.0. The Balaban J connectivity index is 1.96. The SMILES string of the molecule is O=S(=O)(O)c1cc(N2CCOCC2)c(S(=O)(=O)O)c(N(N2CCCCC2)N2CCNCC2)c1. The molecular weight excluding hydrogens is 474 g/mol. The number of benzene rings is 1. The first-order valence-corrected chi connectivity index (χ1v) is 14.0. The summed E-state index contributed by atoms with van der Waals surface area (Å²) in [7, 11) is -9.42. The second-order valence-corrected chi connectivity index (χ2v) is 11.1. The van der Waals surface area contributed by atoms with E-state index in [0.717, 1.165) is 31.4 Å². The number of piperazine rings is 1. The Bertz CT molecular complexity index is 1030. The van der Waals surface area contributed by atoms with Crippen LogP contribution >= 0.6 is 0 Å². The maximum atomic E-state index is 12.8. The third kappa shape index (κ3) is 5.59. The number of anilines is 2. The van der Waals surface area contributed by atoms with Gasteiger partial charge in [-0.25, -0.2) is 15.1 Å². The number of piperidine rings is 1. The van der Waals surface area contributed by atoms with E-state index in [1.807, 2.05) is 10.0 Å². The molecule has 3 heterocycles. The van der Waals surface area contributed by atoms with E-state index < -0.39 is 25.1 Å². The van der Waals surface area contributed by atoms with E-state index in [-0.39, 0.29) is 16.3 Å². The molecule has 0 aromatic heterocycles. The second-order valence-electron chi connectivity index (χ2n) is 8.35. The Morgan fingerprint density at radius 3 is 2.00 bits per heavy atom. The van der Waals surface area contributed by atoms with Crippen molar-refractivity contribution in [2.75, 3.05) is 75.6 Å². The van der Waals surface area contributed by atoms with E-state index in [9.17, 15) is 25.9 Å². The molecule has 4 rings (SSSR count). The third-order valence-corrected chi connectivity index (χ3v) is 7.87. The molecular formula is C19H31N5O7S2. The fourth-order valence-electron chi connectivity index (χ4n) is 4.57. The van der Waals surface area contributed by atoms with Crippen molar-refractivity contribution >= 4 is 31.6 Å². The quantitative estimate of drug-likeness (QED) is 0.449. The molecule has 3 fully saturated rings. The summed E-state index contributed by atoms with van der Waals surface area (Å²) in [5.41, 5.74) is 0.0426. The van der Waals surface area contributed by atoms with Crippen molar-refractivity contribution in [2.24, 2.45) is 0 Å². The van der Waals surface area contributed by atoms with Gasteiger partial charge in [-0.05, 0) is 25.0 Å². The Morgan fingerprint density at radius 1 is 0.818 bits per heavy atom. The highest BCUT2D eigenvalue weighted by Gasteiger charge is 2.35. The molecule has 186 valence electrons. The van der Waals surface area contributed by atoms with E-state index in [1.54, 1.807) is 10.0 Å². The lowest BCUT2D eigenvalue weighted by molar-refractivity contribution is 0.0693. The topological polar surface area (TPSA) is 143 Å². The number of hydrogen-bond donors (Lipinski definition) is 3. The van der Waals surface area contributed by atoms with E-state index in [2.05, 4.69) is 5.32 Å². The smallest absolute Gasteiger partial charge is 0.298 e. The molecule has 3 aliphatic rings. The first-order valence-electron chi connectivity index (χ1n) is 11.1. The van der Waals surface area contributed by atoms with Crippen molar-refractivity contribution in [3.8, 4) is 0 Å². The van der Waals surface area contributed by atoms with Crippen molar-refractivity contribution in [1.82, 2.24) is 15.3 Å². The lowest BCUT2D eigenvalue weighted by Crippen LogP contribution is -2.60. The minimum atomic E-state index is -4.77. The highest BCUT2D eigenvalue weighted by molar-refractivity contribution is 7.86. The average molecular weight is 506 g/mol. The van der Waals surface area contributed by atoms with Crippen LogP contribution in [0.25, 0.3) is 0 Å². The van der Waals surface area contributed by atoms with Gasteiger partial charge in [0.2, 0.25) is 0 Å². The van der Waals surface area contributed by atoms with E-state index in [4.69, 9.17) is 4.74 Å². The van der Waals surface area contributed by atoms with Crippen LogP contribution in [0.4, 0.5) is 11.4 Å². The summed E-state index contributed by atoms with van der Waals surface area (Å²) in [6, 6.07) is 2.25. The normalized spacial score (nSPS) is 21.8. The second kappa shape index (κ2) is 10.00. The van der Waals surface area contributed by atoms with Gasteiger partial charge >= 0.3 is 0 Å². The molecule has 1 aromatic carbocycles. The first-order chi connectivity index (χ1) is 15.7. The molecule has 0 bridgehead atoms. The maximum Gasteiger partial charge on any atom is 0.298 e. The number of nitrogens with zero attached hydrogens (tertiary/aromatic N) is 4. The number of rotatable bonds is 6. The van der Waals surface area contributed by atoms with Crippen LogP contribution in [0.2, 0.25) is 0 Å². The summed E-state index contributed by atoms with van der Waals surface area (Å²) in [6.07, 6.45) is 2.84. The van der Waals surface area contributed by atoms with Gasteiger partial charge in [0.05, 0.1) is 29.5 Å². The molecule has 3 N–H and O–H groups in total. The molecule has 3 aliphatic heterocycles. The van der Waals surface area contributed by atoms with Crippen LogP contribution < -0.4 is 15.3 Å². The summed E-state index contributed by atoms with van der Waals surface area (Å²) in [4.78, 5) is 0.862. The van der Waals surface area contributed by atoms with Crippen LogP contribution in [0.15, 0.2) is 21.9 Å². The molecule has 33 heavy (non-hydrogen) atoms. The minimum absolute atomic E-state index is 0.0120. The summed E-state index contributed by atoms with van der Waals surface area (Å²) >= 11 is 0. The Labute approximate surface area is 194 Å². The monoisotopic (exact) mass is 505 g/mol. The number of ether oxygens (including phenoxy) is 1. The van der Waals surface area contributed by atoms with Crippen LogP contribution in [0, 0.1) is 0 Å². The van der Waals surface area contributed by atoms with Crippen LogP contribution in [-0.2, 0) is 25.0 Å². The molecule has 0 saturated carbocycles. The molecule has 14 heteroatoms. The summed E-state index contributed by atoms with van der Waals surface area (Å²) in [6.45, 7) is 5.03. The van der Waals surface area contributed by atoms with Crippen molar-refractivity contribution < 1.29 is 30.7 Å². The highest BCUT2D eigenvalue weighted by atomic mass is 32.2. The molecule has 0 radical (unpaired) electrons. The van der Waals surface area contributed by atoms with Crippen LogP contribution in [-0.4, -0.2) is 102 Å². The standard InChI is InChI=1S/C19H31N5O7S2/c25-32(26,27)16-14-17(21-10-12-31-13-11-21)19(33(28,29)30)18(15-16)24(22-6-2-1-3-7-22)23-8-4-20-5-9-23/h14-15,20H,1-13H2,(H,25,26,27)(H,28,29,30). The van der Waals surface area contributed by atoms with Crippen LogP contribution in [0.1, 0.15) is 19.3 Å². The molecule has 0 amide bonds. The molecule has 12 nitrogen and oxygen atoms in total. The van der Waals surface area contributed by atoms with Gasteiger partial charge in [-0.2, -0.15) is 16.8 Å². The molecule has 3 saturated heterocycles.